The van der Waals surface area contributed by atoms with Crippen LogP contribution < -0.4 is 10.0 Å². The van der Waals surface area contributed by atoms with Crippen molar-refractivity contribution in [1.29, 1.82) is 0 Å². The van der Waals surface area contributed by atoms with E-state index in [2.05, 4.69) is 17.0 Å². The number of aromatic carboxylic acids is 1. The van der Waals surface area contributed by atoms with Gasteiger partial charge in [-0.25, -0.2) is 0 Å². The van der Waals surface area contributed by atoms with Crippen molar-refractivity contribution in [2.24, 2.45) is 4.99 Å². The van der Waals surface area contributed by atoms with Crippen LogP contribution in [0.3, 0.4) is 0 Å². The Balaban J connectivity index is 0.00000193. The van der Waals surface area contributed by atoms with Gasteiger partial charge in [0, 0.05) is 24.3 Å². The van der Waals surface area contributed by atoms with Crippen LogP contribution in [0.15, 0.2) is 77.8 Å². The van der Waals surface area contributed by atoms with Crippen LogP contribution in [0.1, 0.15) is 27.0 Å². The Labute approximate surface area is 215 Å². The Morgan fingerprint density at radius 1 is 0.970 bits per heavy atom. The number of anilines is 1. The number of carbonyl (C=O) groups is 1. The first-order chi connectivity index (χ1) is 15.0. The minimum Gasteiger partial charge on any atom is -0.545 e. The summed E-state index contributed by atoms with van der Waals surface area (Å²) in [6.07, 6.45) is 3.97. The topological polar surface area (TPSA) is 55.7 Å². The van der Waals surface area contributed by atoms with Gasteiger partial charge in [-0.05, 0) is 41.0 Å². The molecule has 1 aliphatic heterocycles. The lowest BCUT2D eigenvalue weighted by molar-refractivity contribution is -0.255. The highest BCUT2D eigenvalue weighted by Crippen LogP contribution is 2.27. The number of para-hydroxylation sites is 1. The molecule has 4 nitrogen and oxygen atoms in total. The molecule has 0 unspecified atom stereocenters. The summed E-state index contributed by atoms with van der Waals surface area (Å²) in [4.78, 5) is 18.0. The number of benzene rings is 3. The number of allylic oxidation sites excluding steroid dienone is 1. The molecule has 0 aliphatic carbocycles. The molecule has 0 aromatic heterocycles. The second-order valence-electron chi connectivity index (χ2n) is 7.20. The van der Waals surface area contributed by atoms with E-state index < -0.39 is 5.97 Å². The Morgan fingerprint density at radius 3 is 2.39 bits per heavy atom. The first-order valence-electron chi connectivity index (χ1n) is 9.83. The molecule has 0 spiro atoms. The molecule has 172 valence electrons. The lowest BCUT2D eigenvalue weighted by Gasteiger charge is -2.25. The second kappa shape index (κ2) is 12.1. The molecule has 0 saturated carbocycles. The summed E-state index contributed by atoms with van der Waals surface area (Å²) in [5.74, 6) is -1.17. The first kappa shape index (κ1) is 26.7. The SMILES string of the molecule is Cl.Cl.O=C([O-])c1ccc(CN2CCN=C(/C=C/c3ccc(Cl)c(Cl)c3)c3ccccc32)cc1. The van der Waals surface area contributed by atoms with E-state index in [9.17, 15) is 9.90 Å². The van der Waals surface area contributed by atoms with Gasteiger partial charge in [0.1, 0.15) is 0 Å². The van der Waals surface area contributed by atoms with E-state index in [0.717, 1.165) is 34.6 Å². The van der Waals surface area contributed by atoms with Crippen molar-refractivity contribution in [3.8, 4) is 0 Å². The quantitative estimate of drug-likeness (QED) is 0.430. The smallest absolute Gasteiger partial charge is 0.0715 e. The van der Waals surface area contributed by atoms with Crippen LogP contribution in [0.25, 0.3) is 6.08 Å². The van der Waals surface area contributed by atoms with E-state index >= 15 is 0 Å². The van der Waals surface area contributed by atoms with E-state index in [-0.39, 0.29) is 30.4 Å². The van der Waals surface area contributed by atoms with Crippen molar-refractivity contribution < 1.29 is 9.90 Å². The fraction of sp³-hybridized carbons (Fsp3) is 0.120. The molecule has 0 radical (unpaired) electrons. The number of nitrogens with zero attached hydrogens (tertiary/aromatic N) is 2. The molecule has 0 amide bonds. The minimum atomic E-state index is -1.17. The number of halogens is 4. The van der Waals surface area contributed by atoms with Crippen molar-refractivity contribution in [3.05, 3.63) is 105 Å². The van der Waals surface area contributed by atoms with Crippen molar-refractivity contribution in [3.63, 3.8) is 0 Å². The molecule has 0 fully saturated rings. The largest absolute Gasteiger partial charge is 0.545 e. The highest BCUT2D eigenvalue weighted by atomic mass is 35.5. The maximum Gasteiger partial charge on any atom is 0.0715 e. The summed E-state index contributed by atoms with van der Waals surface area (Å²) < 4.78 is 0. The third-order valence-corrected chi connectivity index (χ3v) is 5.85. The van der Waals surface area contributed by atoms with Gasteiger partial charge in [0.15, 0.2) is 0 Å². The fourth-order valence-electron chi connectivity index (χ4n) is 3.53. The molecule has 1 heterocycles. The van der Waals surface area contributed by atoms with E-state index in [1.54, 1.807) is 18.2 Å². The number of fused-ring (bicyclic) bond motifs is 1. The predicted octanol–water partition coefficient (Wildman–Crippen LogP) is 5.72. The molecule has 4 rings (SSSR count). The zero-order valence-electron chi connectivity index (χ0n) is 17.4. The van der Waals surface area contributed by atoms with Gasteiger partial charge in [0.2, 0.25) is 0 Å². The Kier molecular flexibility index (Phi) is 9.81. The van der Waals surface area contributed by atoms with Gasteiger partial charge in [-0.15, -0.1) is 24.8 Å². The van der Waals surface area contributed by atoms with Gasteiger partial charge in [0.05, 0.1) is 28.3 Å². The maximum atomic E-state index is 11.0. The average Bonchev–Trinajstić information content (AvgIpc) is 2.94. The van der Waals surface area contributed by atoms with Crippen LogP contribution in [0.4, 0.5) is 5.69 Å². The van der Waals surface area contributed by atoms with Crippen molar-refractivity contribution in [1.82, 2.24) is 0 Å². The number of carbonyl (C=O) groups excluding carboxylic acids is 1. The lowest BCUT2D eigenvalue weighted by Crippen LogP contribution is -2.26. The molecule has 0 bridgehead atoms. The van der Waals surface area contributed by atoms with Crippen LogP contribution in [0, 0.1) is 0 Å². The van der Waals surface area contributed by atoms with Gasteiger partial charge in [-0.1, -0.05) is 77.8 Å². The highest BCUT2D eigenvalue weighted by molar-refractivity contribution is 6.42. The van der Waals surface area contributed by atoms with Crippen LogP contribution in [-0.2, 0) is 6.54 Å². The Bertz CT molecular complexity index is 1180. The van der Waals surface area contributed by atoms with Crippen molar-refractivity contribution in [2.45, 2.75) is 6.54 Å². The van der Waals surface area contributed by atoms with Gasteiger partial charge in [0.25, 0.3) is 0 Å². The minimum absolute atomic E-state index is 0. The summed E-state index contributed by atoms with van der Waals surface area (Å²) in [6.45, 7) is 2.06. The third-order valence-electron chi connectivity index (χ3n) is 5.11. The number of hydrogen-bond donors (Lipinski definition) is 0. The summed E-state index contributed by atoms with van der Waals surface area (Å²) in [5, 5.41) is 12.0. The monoisotopic (exact) mass is 521 g/mol. The number of hydrogen-bond acceptors (Lipinski definition) is 4. The second-order valence-corrected chi connectivity index (χ2v) is 8.01. The number of carboxylic acid groups (broad SMARTS) is 1. The average molecular weight is 523 g/mol. The predicted molar refractivity (Wildman–Crippen MR) is 140 cm³/mol. The number of aliphatic imine (C=N–C) groups is 1. The maximum absolute atomic E-state index is 11.0. The zero-order chi connectivity index (χ0) is 21.8. The molecule has 8 heteroatoms. The molecule has 3 aromatic carbocycles. The lowest BCUT2D eigenvalue weighted by atomic mass is 10.0. The van der Waals surface area contributed by atoms with Crippen LogP contribution in [0.5, 0.6) is 0 Å². The van der Waals surface area contributed by atoms with Gasteiger partial charge in [-0.3, -0.25) is 4.99 Å². The van der Waals surface area contributed by atoms with Crippen LogP contribution in [-0.4, -0.2) is 24.8 Å². The molecular weight excluding hydrogens is 502 g/mol. The Hall–Kier alpha value is -2.50. The highest BCUT2D eigenvalue weighted by Gasteiger charge is 2.17. The third kappa shape index (κ3) is 6.52. The molecule has 1 aliphatic rings. The van der Waals surface area contributed by atoms with E-state index in [0.29, 0.717) is 23.1 Å². The molecule has 0 saturated heterocycles. The molecule has 33 heavy (non-hydrogen) atoms. The van der Waals surface area contributed by atoms with E-state index in [1.807, 2.05) is 48.6 Å². The Morgan fingerprint density at radius 2 is 1.70 bits per heavy atom. The van der Waals surface area contributed by atoms with Crippen LogP contribution in [0.2, 0.25) is 10.0 Å². The fourth-order valence-corrected chi connectivity index (χ4v) is 3.83. The molecular formula is C25H21Cl4N2O2-. The van der Waals surface area contributed by atoms with Gasteiger partial charge < -0.3 is 14.8 Å². The zero-order valence-corrected chi connectivity index (χ0v) is 20.6. The molecule has 0 N–H and O–H groups in total. The molecule has 3 aromatic rings. The normalized spacial score (nSPS) is 12.8. The van der Waals surface area contributed by atoms with Crippen molar-refractivity contribution >= 4 is 71.5 Å². The number of benzodiazepines with no additional fused rings is 1. The summed E-state index contributed by atoms with van der Waals surface area (Å²) in [6, 6.07) is 20.5. The van der Waals surface area contributed by atoms with Gasteiger partial charge >= 0.3 is 0 Å². The van der Waals surface area contributed by atoms with E-state index in [4.69, 9.17) is 28.2 Å². The number of rotatable bonds is 5. The number of carboxylic acids is 1. The van der Waals surface area contributed by atoms with Gasteiger partial charge in [-0.2, -0.15) is 0 Å². The van der Waals surface area contributed by atoms with E-state index in [1.165, 1.54) is 0 Å². The summed E-state index contributed by atoms with van der Waals surface area (Å²) in [7, 11) is 0. The van der Waals surface area contributed by atoms with Crippen LogP contribution >= 0.6 is 48.0 Å². The summed E-state index contributed by atoms with van der Waals surface area (Å²) >= 11 is 12.1. The first-order valence-corrected chi connectivity index (χ1v) is 10.6. The van der Waals surface area contributed by atoms with Crippen molar-refractivity contribution in [2.75, 3.05) is 18.0 Å². The summed E-state index contributed by atoms with van der Waals surface area (Å²) in [5.41, 5.74) is 5.18. The standard InChI is InChI=1S/C25H20Cl2N2O2.2ClH/c26-21-11-7-17(15-22(21)27)8-12-23-20-3-1-2-4-24(20)29(14-13-28-23)16-18-5-9-19(10-6-18)25(30)31;;/h1-12,15H,13-14,16H2,(H,30,31);2*1H/p-1/b12-8+;;. The molecule has 0 atom stereocenters.